The Hall–Kier alpha value is -1.84. The maximum atomic E-state index is 11.4. The van der Waals surface area contributed by atoms with E-state index in [0.717, 1.165) is 44.9 Å². The number of carboxylic acids is 2. The number of rotatable bonds is 10. The minimum absolute atomic E-state index is 0.459. The van der Waals surface area contributed by atoms with Gasteiger partial charge < -0.3 is 10.2 Å². The van der Waals surface area contributed by atoms with Crippen molar-refractivity contribution >= 4 is 11.9 Å². The molecule has 0 aromatic heterocycles. The second kappa shape index (κ2) is 8.04. The van der Waals surface area contributed by atoms with Crippen molar-refractivity contribution in [3.05, 3.63) is 33.9 Å². The van der Waals surface area contributed by atoms with Crippen molar-refractivity contribution in [2.45, 2.75) is 86.0 Å². The molecule has 0 atom stereocenters. The zero-order valence-electron chi connectivity index (χ0n) is 17.4. The summed E-state index contributed by atoms with van der Waals surface area (Å²) in [5, 5.41) is 18.7. The molecular weight excluding hydrogens is 340 g/mol. The Morgan fingerprint density at radius 1 is 1.04 bits per heavy atom. The fourth-order valence-electron chi connectivity index (χ4n) is 3.94. The Labute approximate surface area is 163 Å². The molecule has 0 aliphatic heterocycles. The minimum Gasteiger partial charge on any atom is -0.481 e. The lowest BCUT2D eigenvalue weighted by molar-refractivity contribution is -0.147. The van der Waals surface area contributed by atoms with Crippen LogP contribution in [0.4, 0.5) is 0 Å². The van der Waals surface area contributed by atoms with E-state index in [9.17, 15) is 19.8 Å². The molecule has 0 saturated heterocycles. The van der Waals surface area contributed by atoms with Crippen LogP contribution < -0.4 is 0 Å². The smallest absolute Gasteiger partial charge is 0.309 e. The molecule has 2 rings (SSSR count). The molecule has 1 saturated carbocycles. The summed E-state index contributed by atoms with van der Waals surface area (Å²) in [5.74, 6) is -1.39. The zero-order chi connectivity index (χ0) is 20.4. The fourth-order valence-corrected chi connectivity index (χ4v) is 3.94. The number of carboxylic acid groups (broad SMARTS) is 2. The van der Waals surface area contributed by atoms with Gasteiger partial charge in [-0.15, -0.1) is 0 Å². The zero-order valence-corrected chi connectivity index (χ0v) is 17.4. The first-order chi connectivity index (χ1) is 12.5. The summed E-state index contributed by atoms with van der Waals surface area (Å²) < 4.78 is 0. The quantitative estimate of drug-likeness (QED) is 0.588. The average molecular weight is 375 g/mol. The van der Waals surface area contributed by atoms with Gasteiger partial charge in [0.1, 0.15) is 0 Å². The molecule has 0 heterocycles. The molecule has 1 aliphatic carbocycles. The number of aliphatic carboxylic acids is 2. The van der Waals surface area contributed by atoms with Gasteiger partial charge in [-0.3, -0.25) is 9.59 Å². The summed E-state index contributed by atoms with van der Waals surface area (Å²) >= 11 is 0. The molecule has 27 heavy (non-hydrogen) atoms. The van der Waals surface area contributed by atoms with Crippen molar-refractivity contribution in [1.82, 2.24) is 0 Å². The van der Waals surface area contributed by atoms with E-state index < -0.39 is 22.8 Å². The summed E-state index contributed by atoms with van der Waals surface area (Å²) in [4.78, 5) is 22.7. The van der Waals surface area contributed by atoms with Crippen molar-refractivity contribution in [2.75, 3.05) is 0 Å². The molecule has 0 radical (unpaired) electrons. The second-order valence-electron chi connectivity index (χ2n) is 9.06. The fraction of sp³-hybridized carbons (Fsp3) is 0.652. The van der Waals surface area contributed by atoms with E-state index in [1.165, 1.54) is 27.8 Å². The molecule has 0 bridgehead atoms. The van der Waals surface area contributed by atoms with Crippen LogP contribution in [0.5, 0.6) is 0 Å². The van der Waals surface area contributed by atoms with E-state index in [2.05, 4.69) is 26.8 Å². The third-order valence-corrected chi connectivity index (χ3v) is 6.60. The Balaban J connectivity index is 2.09. The average Bonchev–Trinajstić information content (AvgIpc) is 3.36. The van der Waals surface area contributed by atoms with Crippen LogP contribution in [0.1, 0.15) is 80.2 Å². The summed E-state index contributed by atoms with van der Waals surface area (Å²) in [6, 6.07) is 2.25. The van der Waals surface area contributed by atoms with Gasteiger partial charge in [-0.25, -0.2) is 0 Å². The van der Waals surface area contributed by atoms with E-state index in [1.54, 1.807) is 13.8 Å². The molecule has 4 nitrogen and oxygen atoms in total. The predicted molar refractivity (Wildman–Crippen MR) is 107 cm³/mol. The third kappa shape index (κ3) is 4.91. The van der Waals surface area contributed by atoms with Gasteiger partial charge in [0, 0.05) is 0 Å². The highest BCUT2D eigenvalue weighted by atomic mass is 16.4. The molecule has 1 aromatic carbocycles. The minimum atomic E-state index is -0.748. The molecular formula is C23H34O4. The SMILES string of the molecule is Cc1cc(CCCC(C)(C)C(=O)O)c(CCCC2(C(=O)O)CC2)c(C)c1C. The van der Waals surface area contributed by atoms with Gasteiger partial charge in [-0.05, 0) is 114 Å². The monoisotopic (exact) mass is 374 g/mol. The van der Waals surface area contributed by atoms with Crippen LogP contribution >= 0.6 is 0 Å². The summed E-state index contributed by atoms with van der Waals surface area (Å²) in [6.45, 7) is 9.99. The van der Waals surface area contributed by atoms with Gasteiger partial charge in [-0.1, -0.05) is 6.07 Å². The molecule has 0 unspecified atom stereocenters. The van der Waals surface area contributed by atoms with E-state index in [0.29, 0.717) is 6.42 Å². The normalized spacial score (nSPS) is 15.6. The molecule has 2 N–H and O–H groups in total. The maximum Gasteiger partial charge on any atom is 0.309 e. The van der Waals surface area contributed by atoms with Crippen LogP contribution in [0, 0.1) is 31.6 Å². The molecule has 150 valence electrons. The highest BCUT2D eigenvalue weighted by Crippen LogP contribution is 2.50. The molecule has 0 spiro atoms. The van der Waals surface area contributed by atoms with Crippen LogP contribution in [0.2, 0.25) is 0 Å². The summed E-state index contributed by atoms with van der Waals surface area (Å²) in [7, 11) is 0. The summed E-state index contributed by atoms with van der Waals surface area (Å²) in [6.07, 6.45) is 6.53. The Morgan fingerprint density at radius 2 is 1.67 bits per heavy atom. The van der Waals surface area contributed by atoms with Crippen molar-refractivity contribution in [3.63, 3.8) is 0 Å². The number of benzene rings is 1. The standard InChI is InChI=1S/C23H34O4/c1-15-14-18(8-6-10-22(4,5)20(24)25)19(17(3)16(15)2)9-7-11-23(12-13-23)21(26)27/h14H,6-13H2,1-5H3,(H,24,25)(H,26,27). The predicted octanol–water partition coefficient (Wildman–Crippen LogP) is 5.23. The van der Waals surface area contributed by atoms with Crippen molar-refractivity contribution in [1.29, 1.82) is 0 Å². The second-order valence-corrected chi connectivity index (χ2v) is 9.06. The first kappa shape index (κ1) is 21.5. The lowest BCUT2D eigenvalue weighted by atomic mass is 9.84. The Morgan fingerprint density at radius 3 is 2.19 bits per heavy atom. The van der Waals surface area contributed by atoms with E-state index >= 15 is 0 Å². The van der Waals surface area contributed by atoms with Gasteiger partial charge in [0.15, 0.2) is 0 Å². The van der Waals surface area contributed by atoms with Crippen molar-refractivity contribution in [3.8, 4) is 0 Å². The van der Waals surface area contributed by atoms with Crippen molar-refractivity contribution < 1.29 is 19.8 Å². The molecule has 0 amide bonds. The molecule has 1 fully saturated rings. The first-order valence-corrected chi connectivity index (χ1v) is 10.1. The van der Waals surface area contributed by atoms with Gasteiger partial charge in [0.2, 0.25) is 0 Å². The number of hydrogen-bond acceptors (Lipinski definition) is 2. The van der Waals surface area contributed by atoms with E-state index in [-0.39, 0.29) is 0 Å². The van der Waals surface area contributed by atoms with Gasteiger partial charge in [0.25, 0.3) is 0 Å². The highest BCUT2D eigenvalue weighted by molar-refractivity contribution is 5.77. The maximum absolute atomic E-state index is 11.4. The van der Waals surface area contributed by atoms with Crippen molar-refractivity contribution in [2.24, 2.45) is 10.8 Å². The van der Waals surface area contributed by atoms with Gasteiger partial charge in [0.05, 0.1) is 10.8 Å². The van der Waals surface area contributed by atoms with Crippen LogP contribution in [0.15, 0.2) is 6.07 Å². The largest absolute Gasteiger partial charge is 0.481 e. The Kier molecular flexibility index (Phi) is 6.39. The van der Waals surface area contributed by atoms with Crippen LogP contribution in [-0.4, -0.2) is 22.2 Å². The third-order valence-electron chi connectivity index (χ3n) is 6.60. The number of hydrogen-bond donors (Lipinski definition) is 2. The molecule has 1 aromatic rings. The van der Waals surface area contributed by atoms with Gasteiger partial charge >= 0.3 is 11.9 Å². The number of carbonyl (C=O) groups is 2. The molecule has 4 heteroatoms. The summed E-state index contributed by atoms with van der Waals surface area (Å²) in [5.41, 5.74) is 5.37. The Bertz CT molecular complexity index is 726. The van der Waals surface area contributed by atoms with Crippen LogP contribution in [-0.2, 0) is 22.4 Å². The topological polar surface area (TPSA) is 74.6 Å². The molecule has 1 aliphatic rings. The number of aryl methyl sites for hydroxylation is 2. The highest BCUT2D eigenvalue weighted by Gasteiger charge is 2.49. The first-order valence-electron chi connectivity index (χ1n) is 10.1. The van der Waals surface area contributed by atoms with Crippen LogP contribution in [0.3, 0.4) is 0 Å². The lowest BCUT2D eigenvalue weighted by Gasteiger charge is -2.21. The van der Waals surface area contributed by atoms with Crippen LogP contribution in [0.25, 0.3) is 0 Å². The van der Waals surface area contributed by atoms with Gasteiger partial charge in [-0.2, -0.15) is 0 Å². The lowest BCUT2D eigenvalue weighted by Crippen LogP contribution is -2.23. The van der Waals surface area contributed by atoms with E-state index in [4.69, 9.17) is 0 Å². The van der Waals surface area contributed by atoms with E-state index in [1.807, 2.05) is 0 Å².